The lowest BCUT2D eigenvalue weighted by Gasteiger charge is -2.36. The molecule has 0 heterocycles. The fraction of sp³-hybridized carbons (Fsp3) is 0.516. The average Bonchev–Trinajstić information content (AvgIpc) is 3.60. The average molecular weight is 554 g/mol. The summed E-state index contributed by atoms with van der Waals surface area (Å²) in [6.45, 7) is 11.8. The molecule has 0 saturated heterocycles. The predicted molar refractivity (Wildman–Crippen MR) is 158 cm³/mol. The van der Waals surface area contributed by atoms with Gasteiger partial charge in [0.1, 0.15) is 17.7 Å². The molecule has 7 nitrogen and oxygen atoms in total. The summed E-state index contributed by atoms with van der Waals surface area (Å²) in [4.78, 5) is 42.8. The van der Waals surface area contributed by atoms with Crippen molar-refractivity contribution in [2.75, 3.05) is 12.0 Å². The Balaban J connectivity index is 2.00. The van der Waals surface area contributed by atoms with Gasteiger partial charge in [0.25, 0.3) is 0 Å². The van der Waals surface area contributed by atoms with Crippen LogP contribution in [0.3, 0.4) is 0 Å². The van der Waals surface area contributed by atoms with E-state index in [1.165, 1.54) is 0 Å². The molecule has 0 bridgehead atoms. The first-order chi connectivity index (χ1) is 18.4. The fourth-order valence-electron chi connectivity index (χ4n) is 4.66. The number of benzene rings is 2. The molecule has 8 heteroatoms. The third kappa shape index (κ3) is 8.49. The highest BCUT2D eigenvalue weighted by Gasteiger charge is 2.48. The van der Waals surface area contributed by atoms with Gasteiger partial charge >= 0.3 is 6.09 Å². The molecular weight excluding hydrogens is 510 g/mol. The Labute approximate surface area is 237 Å². The molecule has 0 aliphatic heterocycles. The van der Waals surface area contributed by atoms with Crippen molar-refractivity contribution in [3.63, 3.8) is 0 Å². The summed E-state index contributed by atoms with van der Waals surface area (Å²) in [6, 6.07) is 13.9. The van der Waals surface area contributed by atoms with Crippen molar-refractivity contribution < 1.29 is 19.1 Å². The Bertz CT molecular complexity index is 1150. The van der Waals surface area contributed by atoms with E-state index in [1.54, 1.807) is 37.4 Å². The van der Waals surface area contributed by atoms with E-state index in [-0.39, 0.29) is 23.8 Å². The number of amides is 3. The molecule has 0 spiro atoms. The summed E-state index contributed by atoms with van der Waals surface area (Å²) in [6.07, 6.45) is 2.57. The molecule has 212 valence electrons. The van der Waals surface area contributed by atoms with Gasteiger partial charge in [0, 0.05) is 12.6 Å². The SMILES string of the molecule is CSCCC(NC(=O)OC(C)(C)C)C(=O)N(C(C(=O)NCc1ccccc1)c1cccc(C)c1C)C1CC1C. The molecule has 0 radical (unpaired) electrons. The van der Waals surface area contributed by atoms with Gasteiger partial charge < -0.3 is 20.3 Å². The van der Waals surface area contributed by atoms with E-state index in [1.807, 2.05) is 68.6 Å². The number of hydrogen-bond donors (Lipinski definition) is 2. The zero-order chi connectivity index (χ0) is 28.7. The Morgan fingerprint density at radius 2 is 1.74 bits per heavy atom. The van der Waals surface area contributed by atoms with Gasteiger partial charge in [-0.3, -0.25) is 9.59 Å². The largest absolute Gasteiger partial charge is 0.444 e. The van der Waals surface area contributed by atoms with E-state index in [2.05, 4.69) is 17.6 Å². The van der Waals surface area contributed by atoms with E-state index in [9.17, 15) is 14.4 Å². The standard InChI is InChI=1S/C31H43N3O4S/c1-20-12-11-15-24(22(20)3)27(28(35)32-19-23-13-9-8-10-14-23)34(26-18-21(26)2)29(36)25(16-17-39-7)33-30(37)38-31(4,5)6/h8-15,21,25-27H,16-19H2,1-7H3,(H,32,35)(H,33,37). The van der Waals surface area contributed by atoms with Crippen LogP contribution in [-0.2, 0) is 20.9 Å². The zero-order valence-electron chi connectivity index (χ0n) is 24.2. The van der Waals surface area contributed by atoms with Crippen molar-refractivity contribution in [1.82, 2.24) is 15.5 Å². The second-order valence-electron chi connectivity index (χ2n) is 11.4. The molecule has 1 aliphatic rings. The van der Waals surface area contributed by atoms with E-state index in [0.29, 0.717) is 18.7 Å². The Kier molecular flexibility index (Phi) is 10.5. The minimum Gasteiger partial charge on any atom is -0.444 e. The number of rotatable bonds is 11. The number of carbonyl (C=O) groups excluding carboxylic acids is 3. The Hall–Kier alpha value is -3.00. The monoisotopic (exact) mass is 553 g/mol. The fourth-order valence-corrected chi connectivity index (χ4v) is 5.14. The number of hydrogen-bond acceptors (Lipinski definition) is 5. The van der Waals surface area contributed by atoms with Gasteiger partial charge in [0.05, 0.1) is 0 Å². The van der Waals surface area contributed by atoms with Crippen LogP contribution in [0.25, 0.3) is 0 Å². The lowest BCUT2D eigenvalue weighted by Crippen LogP contribution is -2.54. The first-order valence-electron chi connectivity index (χ1n) is 13.6. The molecule has 2 N–H and O–H groups in total. The minimum atomic E-state index is -0.826. The molecule has 1 saturated carbocycles. The number of alkyl carbamates (subject to hydrolysis) is 1. The van der Waals surface area contributed by atoms with Gasteiger partial charge in [-0.1, -0.05) is 55.5 Å². The van der Waals surface area contributed by atoms with Crippen LogP contribution in [0, 0.1) is 19.8 Å². The molecule has 0 aromatic heterocycles. The molecular formula is C31H43N3O4S. The third-order valence-corrected chi connectivity index (χ3v) is 7.70. The second kappa shape index (κ2) is 13.4. The normalized spacial score (nSPS) is 18.0. The maximum atomic E-state index is 14.3. The number of nitrogens with one attached hydrogen (secondary N) is 2. The van der Waals surface area contributed by atoms with Gasteiger partial charge in [0.2, 0.25) is 11.8 Å². The van der Waals surface area contributed by atoms with Gasteiger partial charge in [-0.2, -0.15) is 11.8 Å². The van der Waals surface area contributed by atoms with E-state index in [4.69, 9.17) is 4.74 Å². The number of ether oxygens (including phenoxy) is 1. The van der Waals surface area contributed by atoms with Crippen molar-refractivity contribution in [3.05, 3.63) is 70.8 Å². The van der Waals surface area contributed by atoms with Crippen LogP contribution in [0.15, 0.2) is 48.5 Å². The molecule has 2 aromatic rings. The summed E-state index contributed by atoms with van der Waals surface area (Å²) >= 11 is 1.60. The molecule has 3 rings (SSSR count). The van der Waals surface area contributed by atoms with Gasteiger partial charge in [-0.05, 0) is 87.6 Å². The minimum absolute atomic E-state index is 0.0953. The third-order valence-electron chi connectivity index (χ3n) is 7.06. The summed E-state index contributed by atoms with van der Waals surface area (Å²) in [5.74, 6) is 0.436. The van der Waals surface area contributed by atoms with Gasteiger partial charge in [-0.15, -0.1) is 0 Å². The first-order valence-corrected chi connectivity index (χ1v) is 15.0. The number of carbonyl (C=O) groups is 3. The maximum absolute atomic E-state index is 14.3. The van der Waals surface area contributed by atoms with Crippen LogP contribution in [0.1, 0.15) is 68.8 Å². The first kappa shape index (κ1) is 30.5. The molecule has 1 fully saturated rings. The predicted octanol–water partition coefficient (Wildman–Crippen LogP) is 5.54. The second-order valence-corrected chi connectivity index (χ2v) is 12.4. The van der Waals surface area contributed by atoms with Crippen molar-refractivity contribution in [3.8, 4) is 0 Å². The topological polar surface area (TPSA) is 87.7 Å². The summed E-state index contributed by atoms with van der Waals surface area (Å²) in [5, 5.41) is 5.90. The number of aryl methyl sites for hydroxylation is 1. The zero-order valence-corrected chi connectivity index (χ0v) is 25.1. The quantitative estimate of drug-likeness (QED) is 0.381. The van der Waals surface area contributed by atoms with Crippen LogP contribution in [0.4, 0.5) is 4.79 Å². The van der Waals surface area contributed by atoms with E-state index < -0.39 is 23.8 Å². The van der Waals surface area contributed by atoms with Crippen molar-refractivity contribution in [2.24, 2.45) is 5.92 Å². The number of thioether (sulfide) groups is 1. The lowest BCUT2D eigenvalue weighted by atomic mass is 9.94. The van der Waals surface area contributed by atoms with Gasteiger partial charge in [0.15, 0.2) is 0 Å². The van der Waals surface area contributed by atoms with E-state index in [0.717, 1.165) is 28.7 Å². The molecule has 2 aromatic carbocycles. The van der Waals surface area contributed by atoms with Crippen LogP contribution < -0.4 is 10.6 Å². The van der Waals surface area contributed by atoms with Crippen LogP contribution in [-0.4, -0.2) is 52.5 Å². The Morgan fingerprint density at radius 1 is 1.08 bits per heavy atom. The lowest BCUT2D eigenvalue weighted by molar-refractivity contribution is -0.143. The number of nitrogens with zero attached hydrogens (tertiary/aromatic N) is 1. The highest BCUT2D eigenvalue weighted by Crippen LogP contribution is 2.41. The molecule has 4 unspecified atom stereocenters. The summed E-state index contributed by atoms with van der Waals surface area (Å²) < 4.78 is 5.48. The molecule has 4 atom stereocenters. The van der Waals surface area contributed by atoms with E-state index >= 15 is 0 Å². The molecule has 39 heavy (non-hydrogen) atoms. The van der Waals surface area contributed by atoms with Crippen LogP contribution >= 0.6 is 11.8 Å². The highest BCUT2D eigenvalue weighted by molar-refractivity contribution is 7.98. The van der Waals surface area contributed by atoms with Crippen LogP contribution in [0.2, 0.25) is 0 Å². The maximum Gasteiger partial charge on any atom is 0.408 e. The van der Waals surface area contributed by atoms with Crippen molar-refractivity contribution in [2.45, 2.75) is 84.7 Å². The van der Waals surface area contributed by atoms with Crippen molar-refractivity contribution in [1.29, 1.82) is 0 Å². The van der Waals surface area contributed by atoms with Crippen LogP contribution in [0.5, 0.6) is 0 Å². The summed E-state index contributed by atoms with van der Waals surface area (Å²) in [5.41, 5.74) is 3.11. The highest BCUT2D eigenvalue weighted by atomic mass is 32.2. The smallest absolute Gasteiger partial charge is 0.408 e. The Morgan fingerprint density at radius 3 is 2.33 bits per heavy atom. The van der Waals surface area contributed by atoms with Gasteiger partial charge in [-0.25, -0.2) is 4.79 Å². The van der Waals surface area contributed by atoms with Crippen molar-refractivity contribution >= 4 is 29.7 Å². The summed E-state index contributed by atoms with van der Waals surface area (Å²) in [7, 11) is 0. The molecule has 1 aliphatic carbocycles. The molecule has 3 amide bonds.